The van der Waals surface area contributed by atoms with Crippen molar-refractivity contribution in [3.63, 3.8) is 0 Å². The number of hydrogen-bond acceptors (Lipinski definition) is 3. The van der Waals surface area contributed by atoms with Gasteiger partial charge in [-0.15, -0.1) is 12.4 Å². The Morgan fingerprint density at radius 3 is 2.44 bits per heavy atom. The van der Waals surface area contributed by atoms with Gasteiger partial charge < -0.3 is 16.0 Å². The van der Waals surface area contributed by atoms with Gasteiger partial charge in [0.25, 0.3) is 5.91 Å². The summed E-state index contributed by atoms with van der Waals surface area (Å²) in [4.78, 5) is 26.3. The Labute approximate surface area is 174 Å². The van der Waals surface area contributed by atoms with E-state index in [1.165, 1.54) is 6.07 Å². The number of hydrogen-bond donors (Lipinski definition) is 2. The summed E-state index contributed by atoms with van der Waals surface area (Å²) in [6.07, 6.45) is 0. The molecule has 5 nitrogen and oxygen atoms in total. The number of amides is 2. The van der Waals surface area contributed by atoms with Gasteiger partial charge in [0.1, 0.15) is 0 Å². The van der Waals surface area contributed by atoms with Gasteiger partial charge >= 0.3 is 0 Å². The lowest BCUT2D eigenvalue weighted by atomic mass is 9.95. The Kier molecular flexibility index (Phi) is 7.50. The van der Waals surface area contributed by atoms with Crippen molar-refractivity contribution in [1.82, 2.24) is 10.2 Å². The lowest BCUT2D eigenvalue weighted by molar-refractivity contribution is -0.129. The fraction of sp³-hybridized carbons (Fsp3) is 0.263. The van der Waals surface area contributed by atoms with E-state index in [2.05, 4.69) is 5.32 Å². The van der Waals surface area contributed by atoms with Crippen molar-refractivity contribution >= 4 is 47.4 Å². The summed E-state index contributed by atoms with van der Waals surface area (Å²) >= 11 is 11.8. The van der Waals surface area contributed by atoms with Crippen LogP contribution in [-0.2, 0) is 4.79 Å². The van der Waals surface area contributed by atoms with Crippen LogP contribution in [-0.4, -0.2) is 42.4 Å². The lowest BCUT2D eigenvalue weighted by Crippen LogP contribution is -2.40. The number of carbonyl (C=O) groups is 2. The standard InChI is InChI=1S/C19H19Cl2N3O2.ClH/c20-15-7-6-13(8-16(15)21)19(26)23-9-18(25)24-10-14(17(22)11-24)12-4-2-1-3-5-12;/h1-8,14,17H,9-11,22H2,(H,23,26);1H/t14-,17+;/m0./s1. The average Bonchev–Trinajstić information content (AvgIpc) is 3.04. The van der Waals surface area contributed by atoms with Gasteiger partial charge in [0.05, 0.1) is 16.6 Å². The van der Waals surface area contributed by atoms with Gasteiger partial charge in [-0.2, -0.15) is 0 Å². The predicted octanol–water partition coefficient (Wildman–Crippen LogP) is 3.10. The molecule has 0 spiro atoms. The van der Waals surface area contributed by atoms with Gasteiger partial charge in [-0.05, 0) is 23.8 Å². The van der Waals surface area contributed by atoms with Crippen LogP contribution in [0.3, 0.4) is 0 Å². The Balaban J connectivity index is 0.00000261. The second kappa shape index (κ2) is 9.42. The summed E-state index contributed by atoms with van der Waals surface area (Å²) in [6, 6.07) is 14.4. The molecule has 2 aromatic rings. The highest BCUT2D eigenvalue weighted by atomic mass is 35.5. The molecule has 1 saturated heterocycles. The number of likely N-dealkylation sites (tertiary alicyclic amines) is 1. The molecule has 2 aromatic carbocycles. The highest BCUT2D eigenvalue weighted by Gasteiger charge is 2.33. The zero-order valence-electron chi connectivity index (χ0n) is 14.4. The van der Waals surface area contributed by atoms with E-state index in [0.29, 0.717) is 28.7 Å². The van der Waals surface area contributed by atoms with Gasteiger partial charge in [0.2, 0.25) is 5.91 Å². The summed E-state index contributed by atoms with van der Waals surface area (Å²) in [5.41, 5.74) is 7.68. The molecule has 0 aromatic heterocycles. The van der Waals surface area contributed by atoms with Crippen LogP contribution in [0.4, 0.5) is 0 Å². The van der Waals surface area contributed by atoms with E-state index in [9.17, 15) is 9.59 Å². The largest absolute Gasteiger partial charge is 0.343 e. The molecule has 8 heteroatoms. The average molecular weight is 429 g/mol. The number of rotatable bonds is 4. The molecular weight excluding hydrogens is 409 g/mol. The molecule has 0 aliphatic carbocycles. The lowest BCUT2D eigenvalue weighted by Gasteiger charge is -2.17. The summed E-state index contributed by atoms with van der Waals surface area (Å²) < 4.78 is 0. The summed E-state index contributed by atoms with van der Waals surface area (Å²) in [5.74, 6) is -0.432. The second-order valence-electron chi connectivity index (χ2n) is 6.29. The fourth-order valence-electron chi connectivity index (χ4n) is 3.09. The van der Waals surface area contributed by atoms with Gasteiger partial charge in [-0.1, -0.05) is 53.5 Å². The van der Waals surface area contributed by atoms with Crippen LogP contribution in [0, 0.1) is 0 Å². The van der Waals surface area contributed by atoms with Crippen LogP contribution < -0.4 is 11.1 Å². The van der Waals surface area contributed by atoms with E-state index < -0.39 is 0 Å². The van der Waals surface area contributed by atoms with Crippen LogP contribution in [0.2, 0.25) is 10.0 Å². The van der Waals surface area contributed by atoms with Crippen molar-refractivity contribution in [2.24, 2.45) is 5.73 Å². The fourth-order valence-corrected chi connectivity index (χ4v) is 3.39. The molecule has 1 aliphatic heterocycles. The molecule has 0 radical (unpaired) electrons. The van der Waals surface area contributed by atoms with Crippen LogP contribution in [0.1, 0.15) is 21.8 Å². The summed E-state index contributed by atoms with van der Waals surface area (Å²) in [5, 5.41) is 3.28. The summed E-state index contributed by atoms with van der Waals surface area (Å²) in [7, 11) is 0. The topological polar surface area (TPSA) is 75.4 Å². The Hall–Kier alpha value is -1.79. The molecule has 1 fully saturated rings. The molecule has 0 unspecified atom stereocenters. The third-order valence-electron chi connectivity index (χ3n) is 4.53. The first-order chi connectivity index (χ1) is 12.5. The van der Waals surface area contributed by atoms with Gasteiger partial charge in [-0.3, -0.25) is 9.59 Å². The van der Waals surface area contributed by atoms with E-state index in [1.807, 2.05) is 30.3 Å². The molecule has 1 heterocycles. The normalized spacial score (nSPS) is 18.7. The zero-order chi connectivity index (χ0) is 18.7. The first-order valence-electron chi connectivity index (χ1n) is 8.27. The van der Waals surface area contributed by atoms with Crippen molar-refractivity contribution in [1.29, 1.82) is 0 Å². The van der Waals surface area contributed by atoms with E-state index in [4.69, 9.17) is 28.9 Å². The van der Waals surface area contributed by atoms with Crippen LogP contribution in [0.5, 0.6) is 0 Å². The van der Waals surface area contributed by atoms with Gasteiger partial charge in [-0.25, -0.2) is 0 Å². The van der Waals surface area contributed by atoms with Crippen molar-refractivity contribution in [3.8, 4) is 0 Å². The molecular formula is C19H20Cl3N3O2. The number of benzene rings is 2. The molecule has 2 atom stereocenters. The van der Waals surface area contributed by atoms with Crippen LogP contribution >= 0.6 is 35.6 Å². The zero-order valence-corrected chi connectivity index (χ0v) is 16.7. The number of nitrogens with zero attached hydrogens (tertiary/aromatic N) is 1. The minimum atomic E-state index is -0.375. The minimum Gasteiger partial charge on any atom is -0.343 e. The number of nitrogens with two attached hydrogens (primary N) is 1. The first kappa shape index (κ1) is 21.5. The highest BCUT2D eigenvalue weighted by molar-refractivity contribution is 6.42. The Morgan fingerprint density at radius 1 is 1.07 bits per heavy atom. The van der Waals surface area contributed by atoms with Crippen molar-refractivity contribution in [2.75, 3.05) is 19.6 Å². The van der Waals surface area contributed by atoms with E-state index in [-0.39, 0.29) is 42.7 Å². The SMILES string of the molecule is Cl.N[C@@H]1CN(C(=O)CNC(=O)c2ccc(Cl)c(Cl)c2)C[C@H]1c1ccccc1. The number of halogens is 3. The molecule has 144 valence electrons. The number of carbonyl (C=O) groups excluding carboxylic acids is 2. The molecule has 0 bridgehead atoms. The van der Waals surface area contributed by atoms with E-state index >= 15 is 0 Å². The Bertz CT molecular complexity index is 817. The smallest absolute Gasteiger partial charge is 0.251 e. The molecule has 3 N–H and O–H groups in total. The molecule has 3 rings (SSSR count). The molecule has 0 saturated carbocycles. The monoisotopic (exact) mass is 427 g/mol. The molecule has 27 heavy (non-hydrogen) atoms. The quantitative estimate of drug-likeness (QED) is 0.786. The second-order valence-corrected chi connectivity index (χ2v) is 7.11. The third kappa shape index (κ3) is 5.14. The number of nitrogens with one attached hydrogen (secondary N) is 1. The van der Waals surface area contributed by atoms with Gasteiger partial charge in [0.15, 0.2) is 0 Å². The van der Waals surface area contributed by atoms with Crippen molar-refractivity contribution in [2.45, 2.75) is 12.0 Å². The molecule has 2 amide bonds. The van der Waals surface area contributed by atoms with Crippen molar-refractivity contribution in [3.05, 3.63) is 69.7 Å². The maximum absolute atomic E-state index is 12.4. The Morgan fingerprint density at radius 2 is 1.78 bits per heavy atom. The maximum Gasteiger partial charge on any atom is 0.251 e. The van der Waals surface area contributed by atoms with Crippen LogP contribution in [0.25, 0.3) is 0 Å². The van der Waals surface area contributed by atoms with Gasteiger partial charge in [0, 0.05) is 30.6 Å². The third-order valence-corrected chi connectivity index (χ3v) is 5.27. The van der Waals surface area contributed by atoms with E-state index in [1.54, 1.807) is 17.0 Å². The van der Waals surface area contributed by atoms with Crippen molar-refractivity contribution < 1.29 is 9.59 Å². The first-order valence-corrected chi connectivity index (χ1v) is 9.03. The van der Waals surface area contributed by atoms with Crippen LogP contribution in [0.15, 0.2) is 48.5 Å². The summed E-state index contributed by atoms with van der Waals surface area (Å²) in [6.45, 7) is 0.932. The predicted molar refractivity (Wildman–Crippen MR) is 110 cm³/mol. The highest BCUT2D eigenvalue weighted by Crippen LogP contribution is 2.26. The molecule has 1 aliphatic rings. The minimum absolute atomic E-state index is 0. The van der Waals surface area contributed by atoms with E-state index in [0.717, 1.165) is 5.56 Å². The maximum atomic E-state index is 12.4.